The quantitative estimate of drug-likeness (QED) is 0.465. The first-order valence-electron chi connectivity index (χ1n) is 6.46. The molecule has 0 bridgehead atoms. The predicted octanol–water partition coefficient (Wildman–Crippen LogP) is 2.90. The van der Waals surface area contributed by atoms with Gasteiger partial charge in [-0.3, -0.25) is 0 Å². The molecule has 0 spiro atoms. The van der Waals surface area contributed by atoms with Crippen molar-refractivity contribution in [3.8, 4) is 0 Å². The van der Waals surface area contributed by atoms with E-state index in [0.717, 1.165) is 5.84 Å². The second kappa shape index (κ2) is 4.65. The molecular formula is C14H21BN2O2. The Bertz CT molecular complexity index is 488. The van der Waals surface area contributed by atoms with Gasteiger partial charge in [-0.1, -0.05) is 6.58 Å². The second-order valence-electron chi connectivity index (χ2n) is 5.83. The SMILES string of the molecule is C=C(N=C(C)n1cccc1)B1OC(C)(C)C(C)(C)O1. The summed E-state index contributed by atoms with van der Waals surface area (Å²) in [5, 5.41) is 0. The highest BCUT2D eigenvalue weighted by molar-refractivity contribution is 6.54. The summed E-state index contributed by atoms with van der Waals surface area (Å²) in [6, 6.07) is 3.91. The van der Waals surface area contributed by atoms with Crippen LogP contribution in [0.2, 0.25) is 0 Å². The van der Waals surface area contributed by atoms with E-state index in [1.807, 2.05) is 63.7 Å². The van der Waals surface area contributed by atoms with Crippen molar-refractivity contribution in [2.24, 2.45) is 4.99 Å². The minimum absolute atomic E-state index is 0.364. The molecule has 1 aliphatic heterocycles. The third-order valence-corrected chi connectivity index (χ3v) is 3.81. The van der Waals surface area contributed by atoms with Crippen LogP contribution in [0, 0.1) is 0 Å². The van der Waals surface area contributed by atoms with Gasteiger partial charge in [0.2, 0.25) is 0 Å². The van der Waals surface area contributed by atoms with Crippen LogP contribution in [-0.4, -0.2) is 28.7 Å². The van der Waals surface area contributed by atoms with Crippen molar-refractivity contribution in [1.82, 2.24) is 4.57 Å². The Morgan fingerprint density at radius 2 is 1.58 bits per heavy atom. The van der Waals surface area contributed by atoms with Crippen LogP contribution in [-0.2, 0) is 9.31 Å². The molecule has 0 amide bonds. The Kier molecular flexibility index (Phi) is 3.45. The molecule has 1 aliphatic rings. The summed E-state index contributed by atoms with van der Waals surface area (Å²) >= 11 is 0. The van der Waals surface area contributed by atoms with Crippen LogP contribution >= 0.6 is 0 Å². The maximum Gasteiger partial charge on any atom is 0.513 e. The fraction of sp³-hybridized carbons (Fsp3) is 0.500. The lowest BCUT2D eigenvalue weighted by atomic mass is 9.86. The van der Waals surface area contributed by atoms with Crippen molar-refractivity contribution in [2.75, 3.05) is 0 Å². The van der Waals surface area contributed by atoms with Crippen LogP contribution in [0.15, 0.2) is 41.7 Å². The topological polar surface area (TPSA) is 35.8 Å². The van der Waals surface area contributed by atoms with Gasteiger partial charge in [0.15, 0.2) is 0 Å². The molecule has 0 unspecified atom stereocenters. The van der Waals surface area contributed by atoms with Crippen LogP contribution in [0.3, 0.4) is 0 Å². The normalized spacial score (nSPS) is 21.7. The van der Waals surface area contributed by atoms with Crippen molar-refractivity contribution in [1.29, 1.82) is 0 Å². The van der Waals surface area contributed by atoms with Crippen LogP contribution in [0.1, 0.15) is 34.6 Å². The molecular weight excluding hydrogens is 239 g/mol. The Balaban J connectivity index is 2.13. The van der Waals surface area contributed by atoms with Gasteiger partial charge in [-0.25, -0.2) is 4.99 Å². The number of hydrogen-bond acceptors (Lipinski definition) is 3. The van der Waals surface area contributed by atoms with Gasteiger partial charge < -0.3 is 13.9 Å². The third-order valence-electron chi connectivity index (χ3n) is 3.81. The Labute approximate surface area is 115 Å². The van der Waals surface area contributed by atoms with Gasteiger partial charge in [0.05, 0.1) is 16.8 Å². The number of aliphatic imine (C=N–C) groups is 1. The summed E-state index contributed by atoms with van der Waals surface area (Å²) in [6.45, 7) is 14.0. The second-order valence-corrected chi connectivity index (χ2v) is 5.83. The summed E-state index contributed by atoms with van der Waals surface area (Å²) in [4.78, 5) is 4.47. The molecule has 1 aromatic heterocycles. The van der Waals surface area contributed by atoms with E-state index < -0.39 is 7.12 Å². The van der Waals surface area contributed by atoms with E-state index in [0.29, 0.717) is 5.60 Å². The first kappa shape index (κ1) is 14.1. The van der Waals surface area contributed by atoms with Gasteiger partial charge in [0.25, 0.3) is 0 Å². The van der Waals surface area contributed by atoms with Crippen molar-refractivity contribution < 1.29 is 9.31 Å². The zero-order valence-electron chi connectivity index (χ0n) is 12.3. The molecule has 2 heterocycles. The molecule has 2 rings (SSSR count). The van der Waals surface area contributed by atoms with E-state index in [1.54, 1.807) is 0 Å². The van der Waals surface area contributed by atoms with E-state index >= 15 is 0 Å². The average molecular weight is 260 g/mol. The van der Waals surface area contributed by atoms with Crippen LogP contribution < -0.4 is 0 Å². The van der Waals surface area contributed by atoms with Crippen LogP contribution in [0.5, 0.6) is 0 Å². The van der Waals surface area contributed by atoms with Gasteiger partial charge in [-0.05, 0) is 46.8 Å². The molecule has 1 fully saturated rings. The zero-order chi connectivity index (χ0) is 14.3. The highest BCUT2D eigenvalue weighted by Crippen LogP contribution is 2.38. The van der Waals surface area contributed by atoms with Crippen molar-refractivity contribution in [3.63, 3.8) is 0 Å². The van der Waals surface area contributed by atoms with Crippen LogP contribution in [0.4, 0.5) is 0 Å². The molecule has 1 saturated heterocycles. The Morgan fingerprint density at radius 1 is 1.11 bits per heavy atom. The standard InChI is InChI=1S/C14H21BN2O2/c1-11(16-12(2)17-9-7-8-10-17)15-18-13(3,4)14(5,6)19-15/h7-10H,1H2,2-6H3. The van der Waals surface area contributed by atoms with E-state index in [2.05, 4.69) is 11.6 Å². The lowest BCUT2D eigenvalue weighted by Crippen LogP contribution is -2.41. The summed E-state index contributed by atoms with van der Waals surface area (Å²) in [6.07, 6.45) is 3.88. The van der Waals surface area contributed by atoms with Gasteiger partial charge in [-0.2, -0.15) is 0 Å². The monoisotopic (exact) mass is 260 g/mol. The molecule has 0 saturated carbocycles. The third kappa shape index (κ3) is 2.67. The highest BCUT2D eigenvalue weighted by Gasteiger charge is 2.52. The lowest BCUT2D eigenvalue weighted by molar-refractivity contribution is 0.00578. The summed E-state index contributed by atoms with van der Waals surface area (Å²) < 4.78 is 13.7. The first-order valence-corrected chi connectivity index (χ1v) is 6.46. The minimum Gasteiger partial charge on any atom is -0.398 e. The van der Waals surface area contributed by atoms with Crippen molar-refractivity contribution in [2.45, 2.75) is 45.8 Å². The number of aromatic nitrogens is 1. The maximum atomic E-state index is 5.91. The van der Waals surface area contributed by atoms with Gasteiger partial charge in [-0.15, -0.1) is 0 Å². The molecule has 102 valence electrons. The van der Waals surface area contributed by atoms with Crippen molar-refractivity contribution >= 4 is 13.0 Å². The number of hydrogen-bond donors (Lipinski definition) is 0. The molecule has 5 heteroatoms. The molecule has 0 atom stereocenters. The lowest BCUT2D eigenvalue weighted by Gasteiger charge is -2.32. The molecule has 0 aliphatic carbocycles. The fourth-order valence-electron chi connectivity index (χ4n) is 1.85. The van der Waals surface area contributed by atoms with Gasteiger partial charge >= 0.3 is 7.12 Å². The first-order chi connectivity index (χ1) is 8.73. The molecule has 19 heavy (non-hydrogen) atoms. The molecule has 0 aromatic carbocycles. The Morgan fingerprint density at radius 3 is 2.05 bits per heavy atom. The summed E-state index contributed by atoms with van der Waals surface area (Å²) in [5.74, 6) is 0.838. The maximum absolute atomic E-state index is 5.91. The van der Waals surface area contributed by atoms with E-state index in [1.165, 1.54) is 0 Å². The van der Waals surface area contributed by atoms with Crippen LogP contribution in [0.25, 0.3) is 0 Å². The highest BCUT2D eigenvalue weighted by atomic mass is 16.7. The fourth-order valence-corrected chi connectivity index (χ4v) is 1.85. The predicted molar refractivity (Wildman–Crippen MR) is 78.2 cm³/mol. The van der Waals surface area contributed by atoms with Crippen molar-refractivity contribution in [3.05, 3.63) is 36.7 Å². The number of rotatable bonds is 2. The minimum atomic E-state index is -0.490. The summed E-state index contributed by atoms with van der Waals surface area (Å²) in [5.41, 5.74) is -0.139. The molecule has 1 aromatic rings. The molecule has 0 N–H and O–H groups in total. The van der Waals surface area contributed by atoms with Gasteiger partial charge in [0, 0.05) is 12.4 Å². The zero-order valence-corrected chi connectivity index (χ0v) is 12.3. The number of nitrogens with zero attached hydrogens (tertiary/aromatic N) is 2. The van der Waals surface area contributed by atoms with E-state index in [-0.39, 0.29) is 11.2 Å². The van der Waals surface area contributed by atoms with E-state index in [9.17, 15) is 0 Å². The van der Waals surface area contributed by atoms with Gasteiger partial charge in [0.1, 0.15) is 5.84 Å². The largest absolute Gasteiger partial charge is 0.513 e. The van der Waals surface area contributed by atoms with E-state index in [4.69, 9.17) is 9.31 Å². The smallest absolute Gasteiger partial charge is 0.398 e. The average Bonchev–Trinajstić information content (AvgIpc) is 2.86. The Hall–Kier alpha value is -1.33. The summed E-state index contributed by atoms with van der Waals surface area (Å²) in [7, 11) is -0.490. The molecule has 4 nitrogen and oxygen atoms in total. The molecule has 0 radical (unpaired) electrons.